The number of benzene rings is 1. The van der Waals surface area contributed by atoms with Crippen LogP contribution >= 0.6 is 0 Å². The van der Waals surface area contributed by atoms with Crippen LogP contribution in [0.25, 0.3) is 0 Å². The summed E-state index contributed by atoms with van der Waals surface area (Å²) in [5, 5.41) is 12.1. The molecule has 1 heterocycles. The molecule has 6 nitrogen and oxygen atoms in total. The maximum absolute atomic E-state index is 13.0. The first-order valence-corrected chi connectivity index (χ1v) is 8.76. The van der Waals surface area contributed by atoms with E-state index >= 15 is 0 Å². The molecule has 1 aliphatic heterocycles. The average molecular weight is 352 g/mol. The maximum Gasteiger partial charge on any atom is 0.317 e. The van der Waals surface area contributed by atoms with Gasteiger partial charge in [-0.3, -0.25) is 4.90 Å². The number of aliphatic hydroxyl groups excluding tert-OH is 1. The summed E-state index contributed by atoms with van der Waals surface area (Å²) in [6, 6.07) is 6.28. The topological polar surface area (TPSA) is 59.0 Å². The van der Waals surface area contributed by atoms with Crippen LogP contribution in [0.15, 0.2) is 24.3 Å². The van der Waals surface area contributed by atoms with Gasteiger partial charge in [0.2, 0.25) is 0 Å². The molecule has 2 N–H and O–H groups in total. The van der Waals surface area contributed by atoms with Gasteiger partial charge in [0.05, 0.1) is 0 Å². The molecule has 25 heavy (non-hydrogen) atoms. The molecule has 1 aliphatic rings. The summed E-state index contributed by atoms with van der Waals surface area (Å²) >= 11 is 0. The van der Waals surface area contributed by atoms with E-state index in [-0.39, 0.29) is 24.5 Å². The van der Waals surface area contributed by atoms with E-state index in [1.807, 2.05) is 0 Å². The quantitative estimate of drug-likeness (QED) is 0.768. The Morgan fingerprint density at radius 3 is 2.72 bits per heavy atom. The van der Waals surface area contributed by atoms with E-state index in [0.717, 1.165) is 25.2 Å². The van der Waals surface area contributed by atoms with Crippen molar-refractivity contribution in [1.82, 2.24) is 20.0 Å². The van der Waals surface area contributed by atoms with Crippen LogP contribution in [0, 0.1) is 5.82 Å². The number of nitrogens with zero attached hydrogens (tertiary/aromatic N) is 3. The lowest BCUT2D eigenvalue weighted by molar-refractivity contribution is 0.112. The number of hydrogen-bond acceptors (Lipinski definition) is 4. The second-order valence-corrected chi connectivity index (χ2v) is 6.71. The van der Waals surface area contributed by atoms with Crippen LogP contribution in [0.2, 0.25) is 0 Å². The molecule has 1 aromatic carbocycles. The van der Waals surface area contributed by atoms with Crippen LogP contribution in [0.5, 0.6) is 0 Å². The average Bonchev–Trinajstić information content (AvgIpc) is 2.60. The van der Waals surface area contributed by atoms with Crippen molar-refractivity contribution in [1.29, 1.82) is 0 Å². The van der Waals surface area contributed by atoms with Crippen LogP contribution in [0.4, 0.5) is 9.18 Å². The Balaban J connectivity index is 1.91. The van der Waals surface area contributed by atoms with Crippen molar-refractivity contribution in [3.05, 3.63) is 35.6 Å². The molecule has 0 unspecified atom stereocenters. The maximum atomic E-state index is 13.0. The van der Waals surface area contributed by atoms with Crippen molar-refractivity contribution < 1.29 is 14.3 Å². The lowest BCUT2D eigenvalue weighted by atomic mass is 10.2. The fraction of sp³-hybridized carbons (Fsp3) is 0.611. The first kappa shape index (κ1) is 19.6. The third-order valence-electron chi connectivity index (χ3n) is 4.63. The lowest BCUT2D eigenvalue weighted by Gasteiger charge is -2.38. The fourth-order valence-corrected chi connectivity index (χ4v) is 2.96. The molecular formula is C18H29FN4O2. The number of rotatable bonds is 7. The molecule has 1 atom stereocenters. The fourth-order valence-electron chi connectivity index (χ4n) is 2.96. The second-order valence-electron chi connectivity index (χ2n) is 6.71. The van der Waals surface area contributed by atoms with Crippen LogP contribution in [-0.2, 0) is 6.54 Å². The second kappa shape index (κ2) is 9.70. The molecule has 7 heteroatoms. The van der Waals surface area contributed by atoms with Gasteiger partial charge in [0, 0.05) is 51.9 Å². The molecule has 0 aliphatic carbocycles. The number of carbonyl (C=O) groups is 1. The zero-order valence-corrected chi connectivity index (χ0v) is 15.1. The zero-order valence-electron chi connectivity index (χ0n) is 15.1. The van der Waals surface area contributed by atoms with Crippen LogP contribution < -0.4 is 5.32 Å². The molecule has 0 spiro atoms. The highest BCUT2D eigenvalue weighted by atomic mass is 19.1. The van der Waals surface area contributed by atoms with E-state index in [1.165, 1.54) is 12.1 Å². The Morgan fingerprint density at radius 2 is 2.04 bits per heavy atom. The van der Waals surface area contributed by atoms with Gasteiger partial charge in [-0.15, -0.1) is 0 Å². The number of hydrogen-bond donors (Lipinski definition) is 2. The molecule has 2 amide bonds. The third kappa shape index (κ3) is 6.26. The van der Waals surface area contributed by atoms with Crippen molar-refractivity contribution in [2.24, 2.45) is 0 Å². The van der Waals surface area contributed by atoms with E-state index in [0.29, 0.717) is 26.1 Å². The van der Waals surface area contributed by atoms with Crippen LogP contribution in [-0.4, -0.2) is 85.3 Å². The molecular weight excluding hydrogens is 323 g/mol. The number of nitrogens with one attached hydrogen (secondary N) is 1. The highest BCUT2D eigenvalue weighted by molar-refractivity contribution is 5.74. The van der Waals surface area contributed by atoms with E-state index in [1.54, 1.807) is 17.0 Å². The summed E-state index contributed by atoms with van der Waals surface area (Å²) in [4.78, 5) is 18.8. The van der Waals surface area contributed by atoms with Gasteiger partial charge in [-0.1, -0.05) is 12.1 Å². The summed E-state index contributed by atoms with van der Waals surface area (Å²) in [7, 11) is 4.16. The molecule has 1 fully saturated rings. The molecule has 0 aromatic heterocycles. The van der Waals surface area contributed by atoms with Crippen molar-refractivity contribution in [2.75, 3.05) is 53.4 Å². The van der Waals surface area contributed by atoms with Crippen LogP contribution in [0.3, 0.4) is 0 Å². The highest BCUT2D eigenvalue weighted by Crippen LogP contribution is 2.09. The van der Waals surface area contributed by atoms with Crippen molar-refractivity contribution in [3.8, 4) is 0 Å². The molecule has 0 radical (unpaired) electrons. The summed E-state index contributed by atoms with van der Waals surface area (Å²) in [5.74, 6) is -0.292. The molecule has 140 valence electrons. The van der Waals surface area contributed by atoms with E-state index in [4.69, 9.17) is 5.11 Å². The number of halogens is 1. The van der Waals surface area contributed by atoms with E-state index in [9.17, 15) is 9.18 Å². The van der Waals surface area contributed by atoms with Gasteiger partial charge in [0.25, 0.3) is 0 Å². The number of likely N-dealkylation sites (N-methyl/N-ethyl adjacent to an activating group) is 2. The summed E-state index contributed by atoms with van der Waals surface area (Å²) in [6.45, 7) is 4.41. The number of piperazine rings is 1. The smallest absolute Gasteiger partial charge is 0.317 e. The lowest BCUT2D eigenvalue weighted by Crippen LogP contribution is -2.55. The monoisotopic (exact) mass is 352 g/mol. The third-order valence-corrected chi connectivity index (χ3v) is 4.63. The van der Waals surface area contributed by atoms with Crippen molar-refractivity contribution >= 4 is 6.03 Å². The Bertz CT molecular complexity index is 540. The van der Waals surface area contributed by atoms with Gasteiger partial charge in [0.1, 0.15) is 5.82 Å². The zero-order chi connectivity index (χ0) is 18.2. The Morgan fingerprint density at radius 1 is 1.32 bits per heavy atom. The normalized spacial score (nSPS) is 19.0. The van der Waals surface area contributed by atoms with Gasteiger partial charge < -0.3 is 20.2 Å². The minimum Gasteiger partial charge on any atom is -0.396 e. The molecule has 0 saturated carbocycles. The Kier molecular flexibility index (Phi) is 7.61. The van der Waals surface area contributed by atoms with Gasteiger partial charge >= 0.3 is 6.03 Å². The van der Waals surface area contributed by atoms with E-state index < -0.39 is 0 Å². The number of aliphatic hydroxyl groups is 1. The van der Waals surface area contributed by atoms with Crippen molar-refractivity contribution in [3.63, 3.8) is 0 Å². The Labute approximate surface area is 149 Å². The van der Waals surface area contributed by atoms with Gasteiger partial charge in [-0.05, 0) is 38.2 Å². The molecule has 0 bridgehead atoms. The minimum atomic E-state index is -0.292. The largest absolute Gasteiger partial charge is 0.396 e. The van der Waals surface area contributed by atoms with Gasteiger partial charge in [0.15, 0.2) is 0 Å². The SMILES string of the molecule is CN1CCN(C)[C@H](CNC(=O)N(CCCO)Cc2ccc(F)cc2)C1. The molecule has 2 rings (SSSR count). The summed E-state index contributed by atoms with van der Waals surface area (Å²) in [6.07, 6.45) is 0.515. The first-order chi connectivity index (χ1) is 12.0. The minimum absolute atomic E-state index is 0.0311. The van der Waals surface area contributed by atoms with E-state index in [2.05, 4.69) is 29.2 Å². The summed E-state index contributed by atoms with van der Waals surface area (Å²) < 4.78 is 13.0. The van der Waals surface area contributed by atoms with Crippen molar-refractivity contribution in [2.45, 2.75) is 19.0 Å². The standard InChI is InChI=1S/C18H29FN4O2/c1-21-9-10-22(2)17(14-21)12-20-18(25)23(8-3-11-24)13-15-4-6-16(19)7-5-15/h4-7,17,24H,3,8-14H2,1-2H3,(H,20,25)/t17-/m1/s1. The highest BCUT2D eigenvalue weighted by Gasteiger charge is 2.23. The van der Waals surface area contributed by atoms with Crippen LogP contribution in [0.1, 0.15) is 12.0 Å². The molecule has 1 saturated heterocycles. The predicted molar refractivity (Wildman–Crippen MR) is 95.8 cm³/mol. The summed E-state index contributed by atoms with van der Waals surface area (Å²) in [5.41, 5.74) is 0.865. The first-order valence-electron chi connectivity index (χ1n) is 8.76. The number of amides is 2. The predicted octanol–water partition coefficient (Wildman–Crippen LogP) is 0.966. The van der Waals surface area contributed by atoms with Gasteiger partial charge in [-0.25, -0.2) is 9.18 Å². The number of carbonyl (C=O) groups excluding carboxylic acids is 1. The van der Waals surface area contributed by atoms with Gasteiger partial charge in [-0.2, -0.15) is 0 Å². The Hall–Kier alpha value is -1.70. The number of urea groups is 1. The molecule has 1 aromatic rings.